The smallest absolute Gasteiger partial charge is 0.338 e. The Labute approximate surface area is 168 Å². The second-order valence-corrected chi connectivity index (χ2v) is 6.95. The summed E-state index contributed by atoms with van der Waals surface area (Å²) in [5, 5.41) is 1.01. The molecule has 3 aromatic carbocycles. The predicted octanol–water partition coefficient (Wildman–Crippen LogP) is 6.24. The summed E-state index contributed by atoms with van der Waals surface area (Å²) in [6.07, 6.45) is 0. The van der Waals surface area contributed by atoms with E-state index in [-0.39, 0.29) is 6.61 Å². The van der Waals surface area contributed by atoms with Crippen molar-refractivity contribution in [2.75, 3.05) is 0 Å². The van der Waals surface area contributed by atoms with Gasteiger partial charge in [-0.1, -0.05) is 59.1 Å². The number of rotatable bonds is 6. The van der Waals surface area contributed by atoms with Crippen LogP contribution in [0.4, 0.5) is 0 Å². The second-order valence-electron chi connectivity index (χ2n) is 6.11. The van der Waals surface area contributed by atoms with Gasteiger partial charge >= 0.3 is 5.97 Å². The van der Waals surface area contributed by atoms with Crippen LogP contribution in [0.1, 0.15) is 27.0 Å². The van der Waals surface area contributed by atoms with Gasteiger partial charge < -0.3 is 9.47 Å². The minimum Gasteiger partial charge on any atom is -0.489 e. The maximum Gasteiger partial charge on any atom is 0.338 e. The minimum atomic E-state index is -0.410. The number of ether oxygens (including phenoxy) is 2. The average Bonchev–Trinajstić information content (AvgIpc) is 2.67. The van der Waals surface area contributed by atoms with Crippen LogP contribution in [0, 0.1) is 6.92 Å². The lowest BCUT2D eigenvalue weighted by atomic mass is 10.1. The van der Waals surface area contributed by atoms with Gasteiger partial charge in [0.1, 0.15) is 19.0 Å². The number of halogens is 2. The molecule has 0 aliphatic rings. The molecule has 0 fully saturated rings. The van der Waals surface area contributed by atoms with Crippen molar-refractivity contribution in [1.29, 1.82) is 0 Å². The number of esters is 1. The summed E-state index contributed by atoms with van der Waals surface area (Å²) < 4.78 is 11.1. The first-order valence-corrected chi connectivity index (χ1v) is 9.16. The van der Waals surface area contributed by atoms with Gasteiger partial charge in [-0.3, -0.25) is 0 Å². The van der Waals surface area contributed by atoms with E-state index in [4.69, 9.17) is 32.7 Å². The quantitative estimate of drug-likeness (QED) is 0.459. The zero-order valence-corrected chi connectivity index (χ0v) is 16.3. The number of hydrogen-bond acceptors (Lipinski definition) is 3. The summed E-state index contributed by atoms with van der Waals surface area (Å²) in [7, 11) is 0. The first-order chi connectivity index (χ1) is 13.0. The van der Waals surface area contributed by atoms with Crippen LogP contribution >= 0.6 is 23.2 Å². The van der Waals surface area contributed by atoms with Gasteiger partial charge in [0, 0.05) is 15.6 Å². The van der Waals surface area contributed by atoms with Crippen molar-refractivity contribution in [2.45, 2.75) is 20.1 Å². The van der Waals surface area contributed by atoms with Gasteiger partial charge in [-0.15, -0.1) is 0 Å². The van der Waals surface area contributed by atoms with E-state index in [1.165, 1.54) is 5.56 Å². The fourth-order valence-corrected chi connectivity index (χ4v) is 2.87. The van der Waals surface area contributed by atoms with Gasteiger partial charge in [0.25, 0.3) is 0 Å². The van der Waals surface area contributed by atoms with Crippen LogP contribution in [0.3, 0.4) is 0 Å². The van der Waals surface area contributed by atoms with Crippen molar-refractivity contribution >= 4 is 29.2 Å². The van der Waals surface area contributed by atoms with E-state index >= 15 is 0 Å². The maximum atomic E-state index is 12.2. The lowest BCUT2D eigenvalue weighted by molar-refractivity contribution is 0.0473. The standard InChI is InChI=1S/C22H18Cl2O3/c1-15-2-10-20(11-3-15)26-13-16-4-6-17(7-5-16)22(25)27-14-18-8-9-19(23)12-21(18)24/h2-12H,13-14H2,1H3. The fourth-order valence-electron chi connectivity index (χ4n) is 2.40. The molecule has 0 aliphatic heterocycles. The molecule has 0 saturated carbocycles. The topological polar surface area (TPSA) is 35.5 Å². The summed E-state index contributed by atoms with van der Waals surface area (Å²) in [5.41, 5.74) is 3.33. The Balaban J connectivity index is 1.54. The van der Waals surface area contributed by atoms with E-state index in [0.717, 1.165) is 11.3 Å². The van der Waals surface area contributed by atoms with E-state index in [1.807, 2.05) is 43.3 Å². The highest BCUT2D eigenvalue weighted by Crippen LogP contribution is 2.22. The SMILES string of the molecule is Cc1ccc(OCc2ccc(C(=O)OCc3ccc(Cl)cc3Cl)cc2)cc1. The van der Waals surface area contributed by atoms with Gasteiger partial charge in [-0.05, 0) is 48.9 Å². The minimum absolute atomic E-state index is 0.0904. The van der Waals surface area contributed by atoms with Crippen molar-refractivity contribution in [1.82, 2.24) is 0 Å². The molecule has 0 amide bonds. The highest BCUT2D eigenvalue weighted by Gasteiger charge is 2.09. The number of carbonyl (C=O) groups is 1. The molecule has 0 unspecified atom stereocenters. The fraction of sp³-hybridized carbons (Fsp3) is 0.136. The van der Waals surface area contributed by atoms with Crippen LogP contribution in [0.2, 0.25) is 10.0 Å². The van der Waals surface area contributed by atoms with Crippen LogP contribution in [-0.2, 0) is 18.0 Å². The lowest BCUT2D eigenvalue weighted by Crippen LogP contribution is -2.06. The molecule has 0 aromatic heterocycles. The summed E-state index contributed by atoms with van der Waals surface area (Å²) in [5.74, 6) is 0.399. The first kappa shape index (κ1) is 19.3. The zero-order chi connectivity index (χ0) is 19.2. The number of hydrogen-bond donors (Lipinski definition) is 0. The molecule has 5 heteroatoms. The number of carbonyl (C=O) groups excluding carboxylic acids is 1. The van der Waals surface area contributed by atoms with Crippen LogP contribution in [0.15, 0.2) is 66.7 Å². The molecule has 0 heterocycles. The second kappa shape index (κ2) is 8.94. The molecule has 0 atom stereocenters. The van der Waals surface area contributed by atoms with Crippen LogP contribution < -0.4 is 4.74 Å². The summed E-state index contributed by atoms with van der Waals surface area (Å²) in [6, 6.07) is 20.1. The third-order valence-corrected chi connectivity index (χ3v) is 4.58. The third-order valence-electron chi connectivity index (χ3n) is 3.99. The van der Waals surface area contributed by atoms with Crippen molar-refractivity contribution in [3.63, 3.8) is 0 Å². The Hall–Kier alpha value is -2.49. The Morgan fingerprint density at radius 3 is 2.26 bits per heavy atom. The van der Waals surface area contributed by atoms with Crippen molar-refractivity contribution < 1.29 is 14.3 Å². The molecule has 0 bridgehead atoms. The summed E-state index contributed by atoms with van der Waals surface area (Å²) in [6.45, 7) is 2.55. The molecule has 0 radical (unpaired) electrons. The normalized spacial score (nSPS) is 10.5. The van der Waals surface area contributed by atoms with Crippen molar-refractivity contribution in [3.8, 4) is 5.75 Å². The molecule has 0 saturated heterocycles. The summed E-state index contributed by atoms with van der Waals surface area (Å²) in [4.78, 5) is 12.2. The number of aryl methyl sites for hydroxylation is 1. The average molecular weight is 401 g/mol. The van der Waals surface area contributed by atoms with E-state index in [0.29, 0.717) is 27.8 Å². The molecule has 3 aromatic rings. The molecule has 3 rings (SSSR count). The van der Waals surface area contributed by atoms with Crippen molar-refractivity contribution in [2.24, 2.45) is 0 Å². The molecular weight excluding hydrogens is 383 g/mol. The number of benzene rings is 3. The predicted molar refractivity (Wildman–Crippen MR) is 108 cm³/mol. The van der Waals surface area contributed by atoms with Crippen LogP contribution in [-0.4, -0.2) is 5.97 Å². The van der Waals surface area contributed by atoms with Gasteiger partial charge in [0.05, 0.1) is 5.56 Å². The van der Waals surface area contributed by atoms with Gasteiger partial charge in [-0.2, -0.15) is 0 Å². The van der Waals surface area contributed by atoms with Crippen molar-refractivity contribution in [3.05, 3.63) is 99.0 Å². The van der Waals surface area contributed by atoms with E-state index in [9.17, 15) is 4.79 Å². The highest BCUT2D eigenvalue weighted by molar-refractivity contribution is 6.35. The Bertz CT molecular complexity index is 919. The van der Waals surface area contributed by atoms with Crippen LogP contribution in [0.25, 0.3) is 0 Å². The molecule has 3 nitrogen and oxygen atoms in total. The maximum absolute atomic E-state index is 12.2. The third kappa shape index (κ3) is 5.49. The zero-order valence-electron chi connectivity index (χ0n) is 14.7. The Morgan fingerprint density at radius 1 is 0.889 bits per heavy atom. The largest absolute Gasteiger partial charge is 0.489 e. The van der Waals surface area contributed by atoms with Gasteiger partial charge in [0.2, 0.25) is 0 Å². The monoisotopic (exact) mass is 400 g/mol. The Morgan fingerprint density at radius 2 is 1.59 bits per heavy atom. The molecular formula is C22H18Cl2O3. The van der Waals surface area contributed by atoms with Gasteiger partial charge in [-0.25, -0.2) is 4.79 Å². The van der Waals surface area contributed by atoms with Crippen LogP contribution in [0.5, 0.6) is 5.75 Å². The molecule has 138 valence electrons. The lowest BCUT2D eigenvalue weighted by Gasteiger charge is -2.09. The van der Waals surface area contributed by atoms with E-state index < -0.39 is 5.97 Å². The molecule has 0 N–H and O–H groups in total. The van der Waals surface area contributed by atoms with Gasteiger partial charge in [0.15, 0.2) is 0 Å². The summed E-state index contributed by atoms with van der Waals surface area (Å²) >= 11 is 11.9. The molecule has 0 spiro atoms. The Kier molecular flexibility index (Phi) is 6.38. The molecule has 0 aliphatic carbocycles. The molecule has 27 heavy (non-hydrogen) atoms. The van der Waals surface area contributed by atoms with E-state index in [2.05, 4.69) is 0 Å². The first-order valence-electron chi connectivity index (χ1n) is 8.41. The van der Waals surface area contributed by atoms with E-state index in [1.54, 1.807) is 30.3 Å². The highest BCUT2D eigenvalue weighted by atomic mass is 35.5.